The molecular formula is C19H17N3O2S. The topological polar surface area (TPSA) is 62.3 Å². The molecule has 2 amide bonds. The molecule has 4 rings (SSSR count). The molecule has 1 atom stereocenters. The molecule has 0 radical (unpaired) electrons. The number of likely N-dealkylation sites (N-methyl/N-ethyl adjacent to an activating group) is 1. The van der Waals surface area contributed by atoms with Crippen LogP contribution in [0.15, 0.2) is 48.5 Å². The number of para-hydroxylation sites is 2. The number of benzene rings is 2. The Kier molecular flexibility index (Phi) is 3.97. The molecule has 3 aromatic rings. The van der Waals surface area contributed by atoms with Gasteiger partial charge in [-0.3, -0.25) is 9.59 Å². The number of amides is 2. The maximum atomic E-state index is 12.9. The van der Waals surface area contributed by atoms with Crippen LogP contribution < -0.4 is 5.32 Å². The molecule has 2 heterocycles. The van der Waals surface area contributed by atoms with Crippen LogP contribution in [0, 0.1) is 0 Å². The van der Waals surface area contributed by atoms with Gasteiger partial charge in [0.25, 0.3) is 0 Å². The lowest BCUT2D eigenvalue weighted by atomic mass is 9.89. The van der Waals surface area contributed by atoms with E-state index in [2.05, 4.69) is 10.3 Å². The van der Waals surface area contributed by atoms with Crippen molar-refractivity contribution in [3.8, 4) is 0 Å². The van der Waals surface area contributed by atoms with Gasteiger partial charge in [0.1, 0.15) is 5.01 Å². The van der Waals surface area contributed by atoms with E-state index in [1.54, 1.807) is 23.3 Å². The zero-order valence-corrected chi connectivity index (χ0v) is 14.5. The third-order valence-electron chi connectivity index (χ3n) is 4.38. The Morgan fingerprint density at radius 3 is 2.84 bits per heavy atom. The minimum absolute atomic E-state index is 0.0541. The Morgan fingerprint density at radius 2 is 2.00 bits per heavy atom. The zero-order valence-electron chi connectivity index (χ0n) is 13.7. The van der Waals surface area contributed by atoms with E-state index in [4.69, 9.17) is 0 Å². The standard InChI is InChI=1S/C19H17N3O2S/c1-22(11-18-21-15-8-4-5-9-16(15)25-18)19(24)13-10-17(23)20-14-7-3-2-6-12(13)14/h2-9,13H,10-11H2,1H3,(H,20,23). The summed E-state index contributed by atoms with van der Waals surface area (Å²) in [5, 5.41) is 3.73. The summed E-state index contributed by atoms with van der Waals surface area (Å²) in [5.74, 6) is -0.615. The highest BCUT2D eigenvalue weighted by Crippen LogP contribution is 2.33. The number of aromatic nitrogens is 1. The lowest BCUT2D eigenvalue weighted by Crippen LogP contribution is -2.36. The van der Waals surface area contributed by atoms with Crippen LogP contribution >= 0.6 is 11.3 Å². The molecule has 0 saturated carbocycles. The Balaban J connectivity index is 1.57. The van der Waals surface area contributed by atoms with Crippen LogP contribution in [0.25, 0.3) is 10.2 Å². The summed E-state index contributed by atoms with van der Waals surface area (Å²) in [6, 6.07) is 15.4. The third-order valence-corrected chi connectivity index (χ3v) is 5.41. The quantitative estimate of drug-likeness (QED) is 0.787. The molecule has 25 heavy (non-hydrogen) atoms. The van der Waals surface area contributed by atoms with Crippen LogP contribution in [0.1, 0.15) is 22.9 Å². The van der Waals surface area contributed by atoms with Crippen molar-refractivity contribution in [2.45, 2.75) is 18.9 Å². The second kappa shape index (κ2) is 6.29. The van der Waals surface area contributed by atoms with Crippen molar-refractivity contribution in [2.24, 2.45) is 0 Å². The van der Waals surface area contributed by atoms with Gasteiger partial charge in [-0.1, -0.05) is 30.3 Å². The van der Waals surface area contributed by atoms with Crippen LogP contribution in [0.2, 0.25) is 0 Å². The number of hydrogen-bond acceptors (Lipinski definition) is 4. The second-order valence-corrected chi connectivity index (χ2v) is 7.28. The highest BCUT2D eigenvalue weighted by Gasteiger charge is 2.32. The number of anilines is 1. The molecule has 5 nitrogen and oxygen atoms in total. The van der Waals surface area contributed by atoms with Crippen molar-refractivity contribution in [1.29, 1.82) is 0 Å². The van der Waals surface area contributed by atoms with Gasteiger partial charge < -0.3 is 10.2 Å². The smallest absolute Gasteiger partial charge is 0.230 e. The highest BCUT2D eigenvalue weighted by atomic mass is 32.1. The molecule has 1 aromatic heterocycles. The van der Waals surface area contributed by atoms with Crippen molar-refractivity contribution in [3.05, 3.63) is 59.1 Å². The van der Waals surface area contributed by atoms with E-state index in [1.165, 1.54) is 0 Å². The fourth-order valence-corrected chi connectivity index (χ4v) is 4.19. The number of carbonyl (C=O) groups is 2. The monoisotopic (exact) mass is 351 g/mol. The summed E-state index contributed by atoms with van der Waals surface area (Å²) in [7, 11) is 1.77. The third kappa shape index (κ3) is 3.00. The molecule has 0 spiro atoms. The van der Waals surface area contributed by atoms with Gasteiger partial charge in [-0.2, -0.15) is 0 Å². The number of carbonyl (C=O) groups excluding carboxylic acids is 2. The molecule has 1 aliphatic heterocycles. The van der Waals surface area contributed by atoms with Crippen LogP contribution in [0.4, 0.5) is 5.69 Å². The average molecular weight is 351 g/mol. The van der Waals surface area contributed by atoms with Gasteiger partial charge in [-0.25, -0.2) is 4.98 Å². The maximum Gasteiger partial charge on any atom is 0.230 e. The first-order chi connectivity index (χ1) is 12.1. The van der Waals surface area contributed by atoms with E-state index in [1.807, 2.05) is 48.5 Å². The molecule has 0 bridgehead atoms. The van der Waals surface area contributed by atoms with Crippen molar-refractivity contribution < 1.29 is 9.59 Å². The molecule has 2 aromatic carbocycles. The fraction of sp³-hybridized carbons (Fsp3) is 0.211. The second-order valence-electron chi connectivity index (χ2n) is 6.16. The van der Waals surface area contributed by atoms with Gasteiger partial charge in [-0.15, -0.1) is 11.3 Å². The largest absolute Gasteiger partial charge is 0.338 e. The molecule has 1 unspecified atom stereocenters. The van der Waals surface area contributed by atoms with Gasteiger partial charge in [0.15, 0.2) is 0 Å². The van der Waals surface area contributed by atoms with Crippen molar-refractivity contribution in [2.75, 3.05) is 12.4 Å². The summed E-state index contributed by atoms with van der Waals surface area (Å²) in [5.41, 5.74) is 2.56. The van der Waals surface area contributed by atoms with Crippen LogP contribution in [0.5, 0.6) is 0 Å². The average Bonchev–Trinajstić information content (AvgIpc) is 3.02. The molecule has 126 valence electrons. The Labute approximate surface area is 149 Å². The summed E-state index contributed by atoms with van der Waals surface area (Å²) in [6.07, 6.45) is 0.181. The first-order valence-electron chi connectivity index (χ1n) is 8.10. The van der Waals surface area contributed by atoms with Gasteiger partial charge >= 0.3 is 0 Å². The van der Waals surface area contributed by atoms with Gasteiger partial charge in [-0.05, 0) is 23.8 Å². The first kappa shape index (κ1) is 15.8. The van der Waals surface area contributed by atoms with Crippen LogP contribution in [-0.2, 0) is 16.1 Å². The van der Waals surface area contributed by atoms with E-state index in [-0.39, 0.29) is 18.2 Å². The summed E-state index contributed by atoms with van der Waals surface area (Å²) in [6.45, 7) is 0.443. The number of thiazole rings is 1. The number of nitrogens with zero attached hydrogens (tertiary/aromatic N) is 2. The zero-order chi connectivity index (χ0) is 17.4. The van der Waals surface area contributed by atoms with Gasteiger partial charge in [0, 0.05) is 19.2 Å². The van der Waals surface area contributed by atoms with Gasteiger partial charge in [0.05, 0.1) is 22.7 Å². The Hall–Kier alpha value is -2.73. The number of fused-ring (bicyclic) bond motifs is 2. The molecule has 0 saturated heterocycles. The SMILES string of the molecule is CN(Cc1nc2ccccc2s1)C(=O)C1CC(=O)Nc2ccccc21. The fourth-order valence-electron chi connectivity index (χ4n) is 3.17. The highest BCUT2D eigenvalue weighted by molar-refractivity contribution is 7.18. The summed E-state index contributed by atoms with van der Waals surface area (Å²) < 4.78 is 1.11. The van der Waals surface area contributed by atoms with Crippen LogP contribution in [-0.4, -0.2) is 28.7 Å². The van der Waals surface area contributed by atoms with Crippen molar-refractivity contribution >= 4 is 39.1 Å². The molecule has 0 aliphatic carbocycles. The summed E-state index contributed by atoms with van der Waals surface area (Å²) in [4.78, 5) is 31.1. The first-order valence-corrected chi connectivity index (χ1v) is 8.91. The molecular weight excluding hydrogens is 334 g/mol. The Bertz CT molecular complexity index is 933. The minimum atomic E-state index is -0.440. The van der Waals surface area contributed by atoms with E-state index in [0.717, 1.165) is 26.5 Å². The maximum absolute atomic E-state index is 12.9. The van der Waals surface area contributed by atoms with Crippen molar-refractivity contribution in [3.63, 3.8) is 0 Å². The normalized spacial score (nSPS) is 16.4. The minimum Gasteiger partial charge on any atom is -0.338 e. The number of hydrogen-bond donors (Lipinski definition) is 1. The van der Waals surface area contributed by atoms with Crippen molar-refractivity contribution in [1.82, 2.24) is 9.88 Å². The number of nitrogens with one attached hydrogen (secondary N) is 1. The van der Waals surface area contributed by atoms with E-state index in [9.17, 15) is 9.59 Å². The summed E-state index contributed by atoms with van der Waals surface area (Å²) >= 11 is 1.59. The predicted molar refractivity (Wildman–Crippen MR) is 98.5 cm³/mol. The van der Waals surface area contributed by atoms with E-state index in [0.29, 0.717) is 6.54 Å². The molecule has 6 heteroatoms. The molecule has 1 aliphatic rings. The molecule has 0 fully saturated rings. The molecule has 1 N–H and O–H groups in total. The van der Waals surface area contributed by atoms with E-state index >= 15 is 0 Å². The number of rotatable bonds is 3. The van der Waals surface area contributed by atoms with Crippen LogP contribution in [0.3, 0.4) is 0 Å². The Morgan fingerprint density at radius 1 is 1.24 bits per heavy atom. The lowest BCUT2D eigenvalue weighted by molar-refractivity contribution is -0.134. The van der Waals surface area contributed by atoms with Gasteiger partial charge in [0.2, 0.25) is 11.8 Å². The lowest BCUT2D eigenvalue weighted by Gasteiger charge is -2.28. The predicted octanol–water partition coefficient (Wildman–Crippen LogP) is 3.38. The van der Waals surface area contributed by atoms with E-state index < -0.39 is 5.92 Å².